The number of anilines is 1. The summed E-state index contributed by atoms with van der Waals surface area (Å²) in [5.41, 5.74) is 8.23. The fourth-order valence-electron chi connectivity index (χ4n) is 2.32. The first-order chi connectivity index (χ1) is 11.1. The Hall–Kier alpha value is -3.89. The summed E-state index contributed by atoms with van der Waals surface area (Å²) in [5, 5.41) is 27.6. The lowest BCUT2D eigenvalue weighted by atomic mass is 10.2. The molecule has 0 aliphatic rings. The van der Waals surface area contributed by atoms with E-state index in [2.05, 4.69) is 9.97 Å². The van der Waals surface area contributed by atoms with Crippen molar-refractivity contribution >= 4 is 17.0 Å². The maximum atomic E-state index is 9.35. The van der Waals surface area contributed by atoms with E-state index in [-0.39, 0.29) is 33.9 Å². The summed E-state index contributed by atoms with van der Waals surface area (Å²) in [7, 11) is 0. The zero-order chi connectivity index (χ0) is 16.6. The van der Waals surface area contributed by atoms with Crippen LogP contribution in [0, 0.1) is 40.9 Å². The zero-order valence-electron chi connectivity index (χ0n) is 12.1. The van der Waals surface area contributed by atoms with E-state index in [1.54, 1.807) is 4.57 Å². The van der Waals surface area contributed by atoms with Gasteiger partial charge in [-0.1, -0.05) is 17.7 Å². The van der Waals surface area contributed by atoms with Crippen molar-refractivity contribution in [3.05, 3.63) is 46.8 Å². The van der Waals surface area contributed by atoms with Gasteiger partial charge in [-0.2, -0.15) is 15.8 Å². The number of benzene rings is 1. The number of nitriles is 3. The van der Waals surface area contributed by atoms with Gasteiger partial charge in [0.2, 0.25) is 0 Å². The van der Waals surface area contributed by atoms with Gasteiger partial charge in [0.1, 0.15) is 35.1 Å². The molecule has 0 spiro atoms. The minimum absolute atomic E-state index is 0.102. The molecule has 3 aromatic rings. The van der Waals surface area contributed by atoms with Crippen LogP contribution >= 0.6 is 0 Å². The van der Waals surface area contributed by atoms with Gasteiger partial charge in [0.15, 0.2) is 17.0 Å². The second kappa shape index (κ2) is 5.14. The topological polar surface area (TPSA) is 128 Å². The zero-order valence-corrected chi connectivity index (χ0v) is 12.1. The molecule has 0 radical (unpaired) electrons. The lowest BCUT2D eigenvalue weighted by Crippen LogP contribution is -2.03. The van der Waals surface area contributed by atoms with Gasteiger partial charge in [-0.15, -0.1) is 0 Å². The summed E-state index contributed by atoms with van der Waals surface area (Å²) < 4.78 is 1.56. The molecule has 0 bridgehead atoms. The molecule has 2 N–H and O–H groups in total. The highest BCUT2D eigenvalue weighted by Gasteiger charge is 2.21. The molecule has 0 fully saturated rings. The SMILES string of the molecule is Cc1ccc(-n2c(N)c(C#N)c3nc(C#N)c(C#N)nc32)cc1. The van der Waals surface area contributed by atoms with Crippen molar-refractivity contribution in [2.75, 3.05) is 5.73 Å². The third kappa shape index (κ3) is 2.03. The van der Waals surface area contributed by atoms with Crippen LogP contribution in [0.1, 0.15) is 22.5 Å². The van der Waals surface area contributed by atoms with Crippen LogP contribution in [0.5, 0.6) is 0 Å². The number of nitrogens with zero attached hydrogens (tertiary/aromatic N) is 6. The van der Waals surface area contributed by atoms with Gasteiger partial charge < -0.3 is 5.73 Å². The van der Waals surface area contributed by atoms with Crippen LogP contribution in [0.2, 0.25) is 0 Å². The standard InChI is InChI=1S/C16H9N7/c1-9-2-4-10(5-3-9)23-15(20)11(6-17)14-16(23)22-13(8-19)12(7-18)21-14/h2-5H,20H2,1H3. The van der Waals surface area contributed by atoms with Crippen LogP contribution in [0.4, 0.5) is 5.82 Å². The Labute approximate surface area is 131 Å². The Balaban J connectivity index is 2.46. The monoisotopic (exact) mass is 299 g/mol. The van der Waals surface area contributed by atoms with Crippen molar-refractivity contribution in [1.82, 2.24) is 14.5 Å². The number of fused-ring (bicyclic) bond motifs is 1. The number of hydrogen-bond donors (Lipinski definition) is 1. The van der Waals surface area contributed by atoms with E-state index < -0.39 is 0 Å². The van der Waals surface area contributed by atoms with Crippen molar-refractivity contribution in [1.29, 1.82) is 15.8 Å². The van der Waals surface area contributed by atoms with E-state index >= 15 is 0 Å². The van der Waals surface area contributed by atoms with Crippen LogP contribution in [-0.2, 0) is 0 Å². The lowest BCUT2D eigenvalue weighted by molar-refractivity contribution is 1.08. The summed E-state index contributed by atoms with van der Waals surface area (Å²) in [5.74, 6) is 0.172. The molecule has 0 aliphatic heterocycles. The van der Waals surface area contributed by atoms with Crippen LogP contribution in [0.25, 0.3) is 16.9 Å². The number of nitrogen functional groups attached to an aromatic ring is 1. The Morgan fingerprint density at radius 2 is 1.57 bits per heavy atom. The van der Waals surface area contributed by atoms with Gasteiger partial charge >= 0.3 is 0 Å². The van der Waals surface area contributed by atoms with Crippen LogP contribution in [0.15, 0.2) is 24.3 Å². The van der Waals surface area contributed by atoms with Crippen molar-refractivity contribution in [2.45, 2.75) is 6.92 Å². The smallest absolute Gasteiger partial charge is 0.179 e. The van der Waals surface area contributed by atoms with E-state index in [0.717, 1.165) is 5.56 Å². The van der Waals surface area contributed by atoms with Crippen LogP contribution in [-0.4, -0.2) is 14.5 Å². The minimum atomic E-state index is -0.127. The van der Waals surface area contributed by atoms with Gasteiger partial charge in [0.05, 0.1) is 0 Å². The highest BCUT2D eigenvalue weighted by Crippen LogP contribution is 2.29. The van der Waals surface area contributed by atoms with E-state index in [9.17, 15) is 5.26 Å². The Kier molecular flexibility index (Phi) is 3.14. The molecule has 23 heavy (non-hydrogen) atoms. The molecule has 7 heteroatoms. The molecule has 108 valence electrons. The Morgan fingerprint density at radius 3 is 2.13 bits per heavy atom. The summed E-state index contributed by atoms with van der Waals surface area (Å²) in [6, 6.07) is 13.1. The minimum Gasteiger partial charge on any atom is -0.384 e. The molecule has 0 atom stereocenters. The molecule has 3 rings (SSSR count). The average molecular weight is 299 g/mol. The number of hydrogen-bond acceptors (Lipinski definition) is 6. The third-order valence-corrected chi connectivity index (χ3v) is 3.44. The highest BCUT2D eigenvalue weighted by molar-refractivity contribution is 5.88. The van der Waals surface area contributed by atoms with Crippen molar-refractivity contribution < 1.29 is 0 Å². The van der Waals surface area contributed by atoms with Gasteiger partial charge in [-0.25, -0.2) is 9.97 Å². The second-order valence-electron chi connectivity index (χ2n) is 4.86. The second-order valence-corrected chi connectivity index (χ2v) is 4.86. The lowest BCUT2D eigenvalue weighted by Gasteiger charge is -2.07. The molecule has 0 saturated carbocycles. The van der Waals surface area contributed by atoms with Gasteiger partial charge in [0, 0.05) is 5.69 Å². The molecule has 2 heterocycles. The van der Waals surface area contributed by atoms with E-state index in [0.29, 0.717) is 5.69 Å². The molecule has 2 aromatic heterocycles. The molecular weight excluding hydrogens is 290 g/mol. The van der Waals surface area contributed by atoms with Crippen molar-refractivity contribution in [3.8, 4) is 23.9 Å². The predicted molar refractivity (Wildman–Crippen MR) is 82.2 cm³/mol. The first-order valence-corrected chi connectivity index (χ1v) is 6.60. The van der Waals surface area contributed by atoms with Gasteiger partial charge in [-0.3, -0.25) is 4.57 Å². The highest BCUT2D eigenvalue weighted by atomic mass is 15.1. The summed E-state index contributed by atoms with van der Waals surface area (Å²) in [6.07, 6.45) is 0. The fourth-order valence-corrected chi connectivity index (χ4v) is 2.32. The van der Waals surface area contributed by atoms with Crippen molar-refractivity contribution in [3.63, 3.8) is 0 Å². The maximum absolute atomic E-state index is 9.35. The van der Waals surface area contributed by atoms with E-state index in [4.69, 9.17) is 16.3 Å². The maximum Gasteiger partial charge on any atom is 0.179 e. The van der Waals surface area contributed by atoms with Crippen molar-refractivity contribution in [2.24, 2.45) is 0 Å². The molecule has 0 amide bonds. The summed E-state index contributed by atoms with van der Waals surface area (Å²) in [4.78, 5) is 8.27. The molecular formula is C16H9N7. The average Bonchev–Trinajstić information content (AvgIpc) is 2.84. The molecule has 0 aliphatic carbocycles. The molecule has 1 aromatic carbocycles. The van der Waals surface area contributed by atoms with Crippen LogP contribution < -0.4 is 5.73 Å². The Bertz CT molecular complexity index is 1050. The number of rotatable bonds is 1. The van der Waals surface area contributed by atoms with Crippen LogP contribution in [0.3, 0.4) is 0 Å². The summed E-state index contributed by atoms with van der Waals surface area (Å²) >= 11 is 0. The van der Waals surface area contributed by atoms with E-state index in [1.165, 1.54) is 0 Å². The van der Waals surface area contributed by atoms with Gasteiger partial charge in [0.25, 0.3) is 0 Å². The largest absolute Gasteiger partial charge is 0.384 e. The number of nitrogens with two attached hydrogens (primary N) is 1. The fraction of sp³-hybridized carbons (Fsp3) is 0.0625. The summed E-state index contributed by atoms with van der Waals surface area (Å²) in [6.45, 7) is 1.95. The number of aryl methyl sites for hydroxylation is 1. The van der Waals surface area contributed by atoms with E-state index in [1.807, 2.05) is 49.4 Å². The molecule has 0 unspecified atom stereocenters. The molecule has 0 saturated heterocycles. The Morgan fingerprint density at radius 1 is 0.957 bits per heavy atom. The molecule has 7 nitrogen and oxygen atoms in total. The third-order valence-electron chi connectivity index (χ3n) is 3.44. The normalized spacial score (nSPS) is 10.0. The number of aromatic nitrogens is 3. The predicted octanol–water partition coefficient (Wildman–Crippen LogP) is 1.93. The first-order valence-electron chi connectivity index (χ1n) is 6.60. The van der Waals surface area contributed by atoms with Gasteiger partial charge in [-0.05, 0) is 19.1 Å². The quantitative estimate of drug-likeness (QED) is 0.731. The first kappa shape index (κ1) is 14.1.